The van der Waals surface area contributed by atoms with E-state index in [1.165, 1.54) is 0 Å². The van der Waals surface area contributed by atoms with Crippen LogP contribution in [0.3, 0.4) is 0 Å². The summed E-state index contributed by atoms with van der Waals surface area (Å²) >= 11 is 0. The maximum atomic E-state index is 5.57. The molecule has 0 fully saturated rings. The lowest BCUT2D eigenvalue weighted by molar-refractivity contribution is 0.222. The van der Waals surface area contributed by atoms with Crippen molar-refractivity contribution >= 4 is 11.9 Å². The zero-order valence-electron chi connectivity index (χ0n) is 13.9. The number of nitrogen functional groups attached to an aromatic ring is 1. The van der Waals surface area contributed by atoms with Crippen LogP contribution in [-0.4, -0.2) is 34.1 Å². The molecule has 0 aromatic carbocycles. The lowest BCUT2D eigenvalue weighted by Gasteiger charge is -2.26. The maximum absolute atomic E-state index is 5.57. The molecule has 7 heteroatoms. The quantitative estimate of drug-likeness (QED) is 0.560. The van der Waals surface area contributed by atoms with Crippen LogP contribution in [0.2, 0.25) is 0 Å². The monoisotopic (exact) mass is 296 g/mol. The lowest BCUT2D eigenvalue weighted by Crippen LogP contribution is -2.33. The molecule has 21 heavy (non-hydrogen) atoms. The fraction of sp³-hybridized carbons (Fsp3) is 0.786. The molecule has 1 aromatic rings. The van der Waals surface area contributed by atoms with Crippen molar-refractivity contribution < 1.29 is 4.74 Å². The van der Waals surface area contributed by atoms with E-state index >= 15 is 0 Å². The summed E-state index contributed by atoms with van der Waals surface area (Å²) in [5.41, 5.74) is 2.47. The third kappa shape index (κ3) is 6.12. The number of anilines is 2. The normalized spacial score (nSPS) is 11.3. The molecule has 0 radical (unpaired) electrons. The van der Waals surface area contributed by atoms with Gasteiger partial charge in [-0.25, -0.2) is 5.84 Å². The molecule has 0 atom stereocenters. The summed E-state index contributed by atoms with van der Waals surface area (Å²) < 4.78 is 5.57. The molecule has 0 bridgehead atoms. The van der Waals surface area contributed by atoms with Gasteiger partial charge in [-0.05, 0) is 25.7 Å². The predicted molar refractivity (Wildman–Crippen MR) is 85.3 cm³/mol. The second-order valence-corrected chi connectivity index (χ2v) is 6.25. The Morgan fingerprint density at radius 2 is 1.57 bits per heavy atom. The highest BCUT2D eigenvalue weighted by Gasteiger charge is 2.17. The molecule has 0 amide bonds. The number of ether oxygens (including phenoxy) is 1. The molecule has 120 valence electrons. The van der Waals surface area contributed by atoms with Crippen molar-refractivity contribution in [3.8, 4) is 6.01 Å². The molecular weight excluding hydrogens is 268 g/mol. The summed E-state index contributed by atoms with van der Waals surface area (Å²) in [7, 11) is 0. The average Bonchev–Trinajstić information content (AvgIpc) is 2.35. The number of nitrogens with two attached hydrogens (primary N) is 1. The highest BCUT2D eigenvalue weighted by molar-refractivity contribution is 5.37. The van der Waals surface area contributed by atoms with E-state index in [9.17, 15) is 0 Å². The third-order valence-corrected chi connectivity index (χ3v) is 2.53. The van der Waals surface area contributed by atoms with Gasteiger partial charge in [0.1, 0.15) is 0 Å². The van der Waals surface area contributed by atoms with Gasteiger partial charge in [0, 0.05) is 13.1 Å². The van der Waals surface area contributed by atoms with Gasteiger partial charge in [-0.2, -0.15) is 15.0 Å². The zero-order valence-corrected chi connectivity index (χ0v) is 13.9. The highest BCUT2D eigenvalue weighted by Crippen LogP contribution is 2.18. The molecular formula is C14H28N6O. The van der Waals surface area contributed by atoms with Crippen molar-refractivity contribution in [1.29, 1.82) is 0 Å². The Morgan fingerprint density at radius 3 is 2.00 bits per heavy atom. The summed E-state index contributed by atoms with van der Waals surface area (Å²) in [6.45, 7) is 14.3. The van der Waals surface area contributed by atoms with Gasteiger partial charge in [-0.1, -0.05) is 27.7 Å². The zero-order chi connectivity index (χ0) is 16.0. The van der Waals surface area contributed by atoms with Gasteiger partial charge in [-0.3, -0.25) is 5.43 Å². The molecule has 1 aromatic heterocycles. The molecule has 7 nitrogen and oxygen atoms in total. The Morgan fingerprint density at radius 1 is 1.00 bits per heavy atom. The van der Waals surface area contributed by atoms with Crippen molar-refractivity contribution in [2.24, 2.45) is 17.7 Å². The van der Waals surface area contributed by atoms with Crippen LogP contribution in [0, 0.1) is 11.8 Å². The first kappa shape index (κ1) is 17.4. The van der Waals surface area contributed by atoms with Crippen LogP contribution in [0.1, 0.15) is 41.5 Å². The topological polar surface area (TPSA) is 89.2 Å². The van der Waals surface area contributed by atoms with Gasteiger partial charge < -0.3 is 9.64 Å². The average molecular weight is 296 g/mol. The van der Waals surface area contributed by atoms with Gasteiger partial charge in [0.2, 0.25) is 11.9 Å². The smallest absolute Gasteiger partial charge is 0.323 e. The summed E-state index contributed by atoms with van der Waals surface area (Å²) in [6.07, 6.45) is -0.00507. The van der Waals surface area contributed by atoms with Gasteiger partial charge in [0.05, 0.1) is 6.10 Å². The molecule has 3 N–H and O–H groups in total. The van der Waals surface area contributed by atoms with Crippen molar-refractivity contribution in [3.63, 3.8) is 0 Å². The van der Waals surface area contributed by atoms with E-state index < -0.39 is 0 Å². The molecule has 0 spiro atoms. The van der Waals surface area contributed by atoms with Crippen molar-refractivity contribution in [2.45, 2.75) is 47.6 Å². The highest BCUT2D eigenvalue weighted by atomic mass is 16.5. The Bertz CT molecular complexity index is 425. The number of hydrogen-bond acceptors (Lipinski definition) is 7. The first-order chi connectivity index (χ1) is 9.81. The van der Waals surface area contributed by atoms with E-state index in [4.69, 9.17) is 10.6 Å². The molecule has 0 aliphatic carbocycles. The van der Waals surface area contributed by atoms with Gasteiger partial charge >= 0.3 is 6.01 Å². The Hall–Kier alpha value is -1.63. The molecule has 0 aliphatic rings. The minimum absolute atomic E-state index is 0.00507. The number of aromatic nitrogens is 3. The van der Waals surface area contributed by atoms with Crippen molar-refractivity contribution in [2.75, 3.05) is 23.4 Å². The van der Waals surface area contributed by atoms with E-state index in [1.54, 1.807) is 0 Å². The minimum Gasteiger partial charge on any atom is -0.461 e. The lowest BCUT2D eigenvalue weighted by atomic mass is 10.1. The standard InChI is InChI=1S/C14H28N6O/c1-9(2)7-20(8-10(3)4)13-16-12(19-15)17-14(18-13)21-11(5)6/h9-11H,7-8,15H2,1-6H3,(H,16,17,18,19). The summed E-state index contributed by atoms with van der Waals surface area (Å²) in [5, 5.41) is 0. The van der Waals surface area contributed by atoms with Gasteiger partial charge in [-0.15, -0.1) is 0 Å². The molecule has 1 heterocycles. The van der Waals surface area contributed by atoms with E-state index in [1.807, 2.05) is 13.8 Å². The number of hydrazine groups is 1. The molecule has 1 rings (SSSR count). The largest absolute Gasteiger partial charge is 0.461 e. The van der Waals surface area contributed by atoms with E-state index in [0.29, 0.717) is 29.7 Å². The molecule has 0 saturated carbocycles. The Balaban J connectivity index is 3.09. The Labute approximate surface area is 127 Å². The number of nitrogens with zero attached hydrogens (tertiary/aromatic N) is 4. The minimum atomic E-state index is -0.00507. The second kappa shape index (κ2) is 7.97. The van der Waals surface area contributed by atoms with Gasteiger partial charge in [0.15, 0.2) is 0 Å². The SMILES string of the molecule is CC(C)CN(CC(C)C)c1nc(NN)nc(OC(C)C)n1. The summed E-state index contributed by atoms with van der Waals surface area (Å²) in [4.78, 5) is 15.0. The number of rotatable bonds is 8. The van der Waals surface area contributed by atoms with Crippen molar-refractivity contribution in [3.05, 3.63) is 0 Å². The van der Waals surface area contributed by atoms with E-state index in [-0.39, 0.29) is 6.10 Å². The second-order valence-electron chi connectivity index (χ2n) is 6.25. The number of hydrogen-bond donors (Lipinski definition) is 2. The fourth-order valence-electron chi connectivity index (χ4n) is 1.93. The van der Waals surface area contributed by atoms with Crippen LogP contribution in [-0.2, 0) is 0 Å². The fourth-order valence-corrected chi connectivity index (χ4v) is 1.93. The predicted octanol–water partition coefficient (Wildman–Crippen LogP) is 2.06. The molecule has 0 unspecified atom stereocenters. The van der Waals surface area contributed by atoms with Crippen LogP contribution in [0.4, 0.5) is 11.9 Å². The first-order valence-corrected chi connectivity index (χ1v) is 7.46. The Kier molecular flexibility index (Phi) is 6.61. The van der Waals surface area contributed by atoms with E-state index in [2.05, 4.69) is 53.0 Å². The van der Waals surface area contributed by atoms with Crippen LogP contribution < -0.4 is 20.9 Å². The third-order valence-electron chi connectivity index (χ3n) is 2.53. The first-order valence-electron chi connectivity index (χ1n) is 7.46. The number of nitrogens with one attached hydrogen (secondary N) is 1. The summed E-state index contributed by atoms with van der Waals surface area (Å²) in [5.74, 6) is 7.36. The van der Waals surface area contributed by atoms with Crippen molar-refractivity contribution in [1.82, 2.24) is 15.0 Å². The van der Waals surface area contributed by atoms with Gasteiger partial charge in [0.25, 0.3) is 0 Å². The molecule has 0 saturated heterocycles. The van der Waals surface area contributed by atoms with Crippen LogP contribution in [0.15, 0.2) is 0 Å². The van der Waals surface area contributed by atoms with Crippen LogP contribution >= 0.6 is 0 Å². The van der Waals surface area contributed by atoms with E-state index in [0.717, 1.165) is 13.1 Å². The summed E-state index contributed by atoms with van der Waals surface area (Å²) in [6, 6.07) is 0.292. The van der Waals surface area contributed by atoms with Crippen LogP contribution in [0.5, 0.6) is 6.01 Å². The molecule has 0 aliphatic heterocycles. The van der Waals surface area contributed by atoms with Crippen LogP contribution in [0.25, 0.3) is 0 Å². The maximum Gasteiger partial charge on any atom is 0.323 e.